The molecule has 1 unspecified atom stereocenters. The van der Waals surface area contributed by atoms with Crippen molar-refractivity contribution in [3.8, 4) is 0 Å². The summed E-state index contributed by atoms with van der Waals surface area (Å²) in [6, 6.07) is 0.0571. The van der Waals surface area contributed by atoms with E-state index >= 15 is 0 Å². The lowest BCUT2D eigenvalue weighted by atomic mass is 10.0. The Hall–Kier alpha value is -2.32. The van der Waals surface area contributed by atoms with Crippen LogP contribution in [-0.2, 0) is 16.0 Å². The number of rotatable bonds is 5. The molecule has 0 aliphatic carbocycles. The van der Waals surface area contributed by atoms with Gasteiger partial charge < -0.3 is 18.9 Å². The fourth-order valence-corrected chi connectivity index (χ4v) is 3.53. The molecule has 2 aromatic heterocycles. The highest BCUT2D eigenvalue weighted by Gasteiger charge is 2.29. The smallest absolute Gasteiger partial charge is 0.274 e. The van der Waals surface area contributed by atoms with Crippen molar-refractivity contribution in [2.24, 2.45) is 5.92 Å². The minimum atomic E-state index is -0.111. The van der Waals surface area contributed by atoms with Crippen LogP contribution >= 0.6 is 0 Å². The summed E-state index contributed by atoms with van der Waals surface area (Å²) in [6.45, 7) is 4.04. The van der Waals surface area contributed by atoms with Gasteiger partial charge in [-0.3, -0.25) is 9.78 Å². The molecule has 0 bridgehead atoms. The molecule has 8 nitrogen and oxygen atoms in total. The fourth-order valence-electron chi connectivity index (χ4n) is 3.53. The Bertz CT molecular complexity index is 729. The van der Waals surface area contributed by atoms with E-state index in [-0.39, 0.29) is 11.9 Å². The van der Waals surface area contributed by atoms with Gasteiger partial charge in [0.05, 0.1) is 37.4 Å². The summed E-state index contributed by atoms with van der Waals surface area (Å²) in [6.07, 6.45) is 10.3. The lowest BCUT2D eigenvalue weighted by Gasteiger charge is -2.34. The van der Waals surface area contributed by atoms with Crippen LogP contribution in [-0.4, -0.2) is 63.3 Å². The zero-order chi connectivity index (χ0) is 17.8. The third-order valence-electron chi connectivity index (χ3n) is 5.00. The number of imidazole rings is 1. The number of ether oxygens (including phenoxy) is 2. The van der Waals surface area contributed by atoms with E-state index in [9.17, 15) is 4.79 Å². The summed E-state index contributed by atoms with van der Waals surface area (Å²) in [5.41, 5.74) is 1.37. The maximum atomic E-state index is 12.7. The number of amides is 1. The third-order valence-corrected chi connectivity index (χ3v) is 5.00. The average Bonchev–Trinajstić information content (AvgIpc) is 3.18. The number of hydrogen-bond donors (Lipinski definition) is 0. The normalized spacial score (nSPS) is 20.8. The Kier molecular flexibility index (Phi) is 5.21. The molecule has 1 atom stereocenters. The number of carbonyl (C=O) groups is 1. The van der Waals surface area contributed by atoms with Gasteiger partial charge in [-0.2, -0.15) is 0 Å². The van der Waals surface area contributed by atoms with Crippen LogP contribution in [0.3, 0.4) is 0 Å². The van der Waals surface area contributed by atoms with Crippen molar-refractivity contribution in [3.05, 3.63) is 42.5 Å². The molecule has 8 heteroatoms. The van der Waals surface area contributed by atoms with Crippen molar-refractivity contribution in [1.82, 2.24) is 24.4 Å². The van der Waals surface area contributed by atoms with Crippen LogP contribution in [0.1, 0.15) is 35.1 Å². The van der Waals surface area contributed by atoms with E-state index in [0.717, 1.165) is 38.4 Å². The SMILES string of the molecule is O=C(c1cnccn1)N1Cc2cncn2C(COCC2CCOCC2)C1. The molecular formula is C18H23N5O3. The number of nitrogens with zero attached hydrogens (tertiary/aromatic N) is 5. The molecule has 26 heavy (non-hydrogen) atoms. The average molecular weight is 357 g/mol. The van der Waals surface area contributed by atoms with Gasteiger partial charge in [-0.1, -0.05) is 0 Å². The molecule has 1 fully saturated rings. The number of hydrogen-bond acceptors (Lipinski definition) is 6. The zero-order valence-electron chi connectivity index (χ0n) is 14.7. The molecule has 2 aliphatic rings. The summed E-state index contributed by atoms with van der Waals surface area (Å²) in [5, 5.41) is 0. The van der Waals surface area contributed by atoms with Gasteiger partial charge in [0.1, 0.15) is 5.69 Å². The summed E-state index contributed by atoms with van der Waals surface area (Å²) >= 11 is 0. The monoisotopic (exact) mass is 357 g/mol. The van der Waals surface area contributed by atoms with Gasteiger partial charge in [0.25, 0.3) is 5.91 Å². The Labute approximate surface area is 152 Å². The van der Waals surface area contributed by atoms with Gasteiger partial charge in [-0.15, -0.1) is 0 Å². The highest BCUT2D eigenvalue weighted by molar-refractivity contribution is 5.92. The van der Waals surface area contributed by atoms with Crippen LogP contribution in [0, 0.1) is 5.92 Å². The van der Waals surface area contributed by atoms with E-state index in [2.05, 4.69) is 19.5 Å². The predicted molar refractivity (Wildman–Crippen MR) is 92.4 cm³/mol. The highest BCUT2D eigenvalue weighted by atomic mass is 16.5. The van der Waals surface area contributed by atoms with Crippen LogP contribution in [0.25, 0.3) is 0 Å². The van der Waals surface area contributed by atoms with Crippen molar-refractivity contribution in [2.45, 2.75) is 25.4 Å². The second kappa shape index (κ2) is 7.92. The second-order valence-corrected chi connectivity index (χ2v) is 6.82. The summed E-state index contributed by atoms with van der Waals surface area (Å²) in [5.74, 6) is 0.451. The molecule has 1 saturated heterocycles. The van der Waals surface area contributed by atoms with Gasteiger partial charge in [0, 0.05) is 45.0 Å². The summed E-state index contributed by atoms with van der Waals surface area (Å²) < 4.78 is 13.5. The van der Waals surface area contributed by atoms with Crippen LogP contribution in [0.2, 0.25) is 0 Å². The van der Waals surface area contributed by atoms with Crippen LogP contribution < -0.4 is 0 Å². The first-order valence-corrected chi connectivity index (χ1v) is 9.02. The van der Waals surface area contributed by atoms with E-state index in [4.69, 9.17) is 9.47 Å². The first kappa shape index (κ1) is 17.1. The molecule has 0 radical (unpaired) electrons. The quantitative estimate of drug-likeness (QED) is 0.802. The summed E-state index contributed by atoms with van der Waals surface area (Å²) in [4.78, 5) is 26.9. The highest BCUT2D eigenvalue weighted by Crippen LogP contribution is 2.23. The lowest BCUT2D eigenvalue weighted by Crippen LogP contribution is -2.42. The molecular weight excluding hydrogens is 334 g/mol. The van der Waals surface area contributed by atoms with Crippen LogP contribution in [0.5, 0.6) is 0 Å². The molecule has 2 aliphatic heterocycles. The van der Waals surface area contributed by atoms with Gasteiger partial charge in [0.15, 0.2) is 0 Å². The largest absolute Gasteiger partial charge is 0.381 e. The molecule has 0 saturated carbocycles. The van der Waals surface area contributed by atoms with Gasteiger partial charge in [0.2, 0.25) is 0 Å². The maximum Gasteiger partial charge on any atom is 0.274 e. The lowest BCUT2D eigenvalue weighted by molar-refractivity contribution is 0.00595. The maximum absolute atomic E-state index is 12.7. The Morgan fingerprint density at radius 3 is 2.88 bits per heavy atom. The zero-order valence-corrected chi connectivity index (χ0v) is 14.7. The van der Waals surface area contributed by atoms with E-state index in [0.29, 0.717) is 31.3 Å². The fraction of sp³-hybridized carbons (Fsp3) is 0.556. The Balaban J connectivity index is 1.40. The van der Waals surface area contributed by atoms with Crippen molar-refractivity contribution < 1.29 is 14.3 Å². The molecule has 0 spiro atoms. The van der Waals surface area contributed by atoms with Gasteiger partial charge in [-0.05, 0) is 18.8 Å². The molecule has 138 valence electrons. The standard InChI is InChI=1S/C18H23N5O3/c24-18(17-8-19-3-4-21-17)22-9-15-7-20-13-23(15)16(10-22)12-26-11-14-1-5-25-6-2-14/h3-4,7-8,13-14,16H,1-2,5-6,9-12H2. The van der Waals surface area contributed by atoms with Crippen molar-refractivity contribution in [2.75, 3.05) is 33.0 Å². The first-order chi connectivity index (χ1) is 12.8. The number of fused-ring (bicyclic) bond motifs is 1. The molecule has 0 aromatic carbocycles. The molecule has 4 heterocycles. The Morgan fingerprint density at radius 2 is 2.08 bits per heavy atom. The molecule has 0 N–H and O–H groups in total. The van der Waals surface area contributed by atoms with Crippen LogP contribution in [0.15, 0.2) is 31.1 Å². The predicted octanol–water partition coefficient (Wildman–Crippen LogP) is 1.31. The number of carbonyl (C=O) groups excluding carboxylic acids is 1. The first-order valence-electron chi connectivity index (χ1n) is 9.02. The minimum absolute atomic E-state index is 0.0571. The van der Waals surface area contributed by atoms with E-state index < -0.39 is 0 Å². The van der Waals surface area contributed by atoms with Gasteiger partial charge in [-0.25, -0.2) is 9.97 Å². The van der Waals surface area contributed by atoms with Gasteiger partial charge >= 0.3 is 0 Å². The molecule has 2 aromatic rings. The van der Waals surface area contributed by atoms with Crippen molar-refractivity contribution in [1.29, 1.82) is 0 Å². The van der Waals surface area contributed by atoms with Crippen molar-refractivity contribution >= 4 is 5.91 Å². The molecule has 1 amide bonds. The summed E-state index contributed by atoms with van der Waals surface area (Å²) in [7, 11) is 0. The second-order valence-electron chi connectivity index (χ2n) is 6.82. The van der Waals surface area contributed by atoms with Crippen molar-refractivity contribution in [3.63, 3.8) is 0 Å². The minimum Gasteiger partial charge on any atom is -0.381 e. The van der Waals surface area contributed by atoms with E-state index in [1.807, 2.05) is 12.5 Å². The molecule has 4 rings (SSSR count). The topological polar surface area (TPSA) is 82.4 Å². The van der Waals surface area contributed by atoms with E-state index in [1.54, 1.807) is 11.1 Å². The van der Waals surface area contributed by atoms with E-state index in [1.165, 1.54) is 12.4 Å². The Morgan fingerprint density at radius 1 is 1.19 bits per heavy atom. The number of aromatic nitrogens is 4. The van der Waals surface area contributed by atoms with Crippen LogP contribution in [0.4, 0.5) is 0 Å². The third kappa shape index (κ3) is 3.76.